The molecule has 170 valence electrons. The highest BCUT2D eigenvalue weighted by Gasteiger charge is 2.41. The third-order valence-corrected chi connectivity index (χ3v) is 8.12. The summed E-state index contributed by atoms with van der Waals surface area (Å²) in [6.45, 7) is 7.84. The fraction of sp³-hybridized carbons (Fsp3) is 0.154. The molecule has 0 unspecified atom stereocenters. The van der Waals surface area contributed by atoms with Gasteiger partial charge in [-0.2, -0.15) is 0 Å². The van der Waals surface area contributed by atoms with Gasteiger partial charge in [-0.3, -0.25) is 9.59 Å². The molecule has 0 atom stereocenters. The topological polar surface area (TPSA) is 84.5 Å². The Morgan fingerprint density at radius 1 is 0.618 bits per heavy atom. The normalized spacial score (nSPS) is 15.4. The largest absolute Gasteiger partial charge is 0.460 e. The lowest BCUT2D eigenvalue weighted by Crippen LogP contribution is -2.20. The fourth-order valence-corrected chi connectivity index (χ4v) is 6.63. The van der Waals surface area contributed by atoms with Crippen LogP contribution in [0.2, 0.25) is 0 Å². The zero-order valence-electron chi connectivity index (χ0n) is 18.9. The number of carbonyl (C=O) groups is 2. The van der Waals surface area contributed by atoms with E-state index >= 15 is 0 Å². The number of aryl methyl sites for hydroxylation is 4. The zero-order chi connectivity index (χ0) is 23.7. The molecule has 6 nitrogen and oxygen atoms in total. The highest BCUT2D eigenvalue weighted by atomic mass is 32.1. The van der Waals surface area contributed by atoms with Crippen molar-refractivity contribution < 1.29 is 18.4 Å². The standard InChI is InChI=1S/C26H20N2O4S2/c1-11-9-13(3)31-23(11)17-7-5-15(33-17)21-19-20(26(30)27-21)22(28-25(19)29)16-6-8-18(34-16)24-12(2)10-14(4)32-24/h5-10H,1-4H3,(H,27,30)(H,28,29). The van der Waals surface area contributed by atoms with Crippen molar-refractivity contribution in [2.45, 2.75) is 27.7 Å². The van der Waals surface area contributed by atoms with Crippen LogP contribution in [0.3, 0.4) is 0 Å². The minimum atomic E-state index is -0.279. The molecule has 4 aromatic rings. The average Bonchev–Trinajstić information content (AvgIpc) is 3.58. The van der Waals surface area contributed by atoms with E-state index in [1.807, 2.05) is 64.1 Å². The van der Waals surface area contributed by atoms with Gasteiger partial charge in [-0.15, -0.1) is 22.7 Å². The van der Waals surface area contributed by atoms with Crippen molar-refractivity contribution in [3.8, 4) is 21.3 Å². The number of carbonyl (C=O) groups excluding carboxylic acids is 2. The van der Waals surface area contributed by atoms with Gasteiger partial charge in [-0.25, -0.2) is 0 Å². The molecule has 2 amide bonds. The van der Waals surface area contributed by atoms with Crippen LogP contribution in [0.1, 0.15) is 32.4 Å². The van der Waals surface area contributed by atoms with Crippen LogP contribution in [0.25, 0.3) is 32.7 Å². The predicted molar refractivity (Wildman–Crippen MR) is 133 cm³/mol. The van der Waals surface area contributed by atoms with Gasteiger partial charge in [0.1, 0.15) is 23.0 Å². The molecule has 6 rings (SSSR count). The molecule has 0 spiro atoms. The maximum Gasteiger partial charge on any atom is 0.258 e. The summed E-state index contributed by atoms with van der Waals surface area (Å²) in [6.07, 6.45) is 0. The number of rotatable bonds is 4. The van der Waals surface area contributed by atoms with E-state index in [2.05, 4.69) is 10.6 Å². The molecule has 0 radical (unpaired) electrons. The van der Waals surface area contributed by atoms with Gasteiger partial charge < -0.3 is 19.5 Å². The monoisotopic (exact) mass is 488 g/mol. The van der Waals surface area contributed by atoms with Crippen molar-refractivity contribution in [2.24, 2.45) is 0 Å². The molecule has 2 N–H and O–H groups in total. The van der Waals surface area contributed by atoms with E-state index < -0.39 is 0 Å². The lowest BCUT2D eigenvalue weighted by atomic mass is 10.1. The van der Waals surface area contributed by atoms with Gasteiger partial charge in [0.2, 0.25) is 0 Å². The van der Waals surface area contributed by atoms with Gasteiger partial charge >= 0.3 is 0 Å². The number of hydrogen-bond acceptors (Lipinski definition) is 6. The lowest BCUT2D eigenvalue weighted by Gasteiger charge is -2.04. The van der Waals surface area contributed by atoms with E-state index in [-0.39, 0.29) is 11.8 Å². The van der Waals surface area contributed by atoms with Crippen molar-refractivity contribution in [1.82, 2.24) is 10.6 Å². The van der Waals surface area contributed by atoms with Gasteiger partial charge in [-0.05, 0) is 75.2 Å². The highest BCUT2D eigenvalue weighted by Crippen LogP contribution is 2.43. The van der Waals surface area contributed by atoms with Crippen molar-refractivity contribution >= 4 is 45.9 Å². The maximum atomic E-state index is 13.0. The van der Waals surface area contributed by atoms with Crippen molar-refractivity contribution in [2.75, 3.05) is 0 Å². The first kappa shape index (κ1) is 20.9. The summed E-state index contributed by atoms with van der Waals surface area (Å²) in [5, 5.41) is 5.85. The number of furan rings is 2. The maximum absolute atomic E-state index is 13.0. The van der Waals surface area contributed by atoms with E-state index in [4.69, 9.17) is 8.83 Å². The second-order valence-electron chi connectivity index (χ2n) is 8.47. The number of thiophene rings is 2. The molecule has 4 aromatic heterocycles. The van der Waals surface area contributed by atoms with Crippen LogP contribution < -0.4 is 10.6 Å². The fourth-order valence-electron chi connectivity index (χ4n) is 4.51. The van der Waals surface area contributed by atoms with Gasteiger partial charge in [0.15, 0.2) is 0 Å². The highest BCUT2D eigenvalue weighted by molar-refractivity contribution is 7.17. The quantitative estimate of drug-likeness (QED) is 0.372. The second kappa shape index (κ2) is 7.44. The Morgan fingerprint density at radius 2 is 1.00 bits per heavy atom. The molecule has 0 saturated heterocycles. The van der Waals surface area contributed by atoms with E-state index in [1.165, 1.54) is 22.7 Å². The number of nitrogens with one attached hydrogen (secondary N) is 2. The minimum Gasteiger partial charge on any atom is -0.460 e. The molecule has 0 aromatic carbocycles. The van der Waals surface area contributed by atoms with Crippen LogP contribution in [0.5, 0.6) is 0 Å². The summed E-state index contributed by atoms with van der Waals surface area (Å²) in [5.41, 5.74) is 3.96. The van der Waals surface area contributed by atoms with Crippen LogP contribution in [0.15, 0.2) is 56.4 Å². The third kappa shape index (κ3) is 3.13. The predicted octanol–water partition coefficient (Wildman–Crippen LogP) is 5.95. The van der Waals surface area contributed by atoms with Crippen molar-refractivity contribution in [3.63, 3.8) is 0 Å². The van der Waals surface area contributed by atoms with Crippen molar-refractivity contribution in [1.29, 1.82) is 0 Å². The van der Waals surface area contributed by atoms with Crippen molar-refractivity contribution in [3.05, 3.63) is 79.9 Å². The smallest absolute Gasteiger partial charge is 0.258 e. The van der Waals surface area contributed by atoms with Gasteiger partial charge in [0, 0.05) is 0 Å². The summed E-state index contributed by atoms with van der Waals surface area (Å²) in [6, 6.07) is 11.7. The van der Waals surface area contributed by atoms with E-state index in [1.54, 1.807) is 0 Å². The summed E-state index contributed by atoms with van der Waals surface area (Å²) in [4.78, 5) is 29.5. The van der Waals surface area contributed by atoms with Gasteiger partial charge in [-0.1, -0.05) is 0 Å². The molecule has 0 fully saturated rings. The molecule has 34 heavy (non-hydrogen) atoms. The number of fused-ring (bicyclic) bond motifs is 1. The average molecular weight is 489 g/mol. The SMILES string of the molecule is Cc1cc(C)c(-c2ccc(C3=C4C(=O)NC(c5ccc(-c6oc(C)cc6C)s5)=C4C(=O)N3)s2)o1. The first-order valence-corrected chi connectivity index (χ1v) is 12.4. The Labute approximate surface area is 203 Å². The van der Waals surface area contributed by atoms with Crippen LogP contribution in [0.4, 0.5) is 0 Å². The zero-order valence-corrected chi connectivity index (χ0v) is 20.5. The Balaban J connectivity index is 1.41. The molecule has 0 aliphatic carbocycles. The summed E-state index contributed by atoms with van der Waals surface area (Å²) in [7, 11) is 0. The third-order valence-electron chi connectivity index (χ3n) is 5.92. The van der Waals surface area contributed by atoms with Gasteiger partial charge in [0.05, 0.1) is 42.0 Å². The van der Waals surface area contributed by atoms with E-state index in [9.17, 15) is 9.59 Å². The molecule has 0 bridgehead atoms. The van der Waals surface area contributed by atoms with Gasteiger partial charge in [0.25, 0.3) is 11.8 Å². The van der Waals surface area contributed by atoms with Crippen LogP contribution in [0, 0.1) is 27.7 Å². The Hall–Kier alpha value is -3.62. The van der Waals surface area contributed by atoms with E-state index in [0.717, 1.165) is 53.7 Å². The Morgan fingerprint density at radius 3 is 1.35 bits per heavy atom. The molecular weight excluding hydrogens is 468 g/mol. The number of amides is 2. The number of hydrogen-bond donors (Lipinski definition) is 2. The first-order chi connectivity index (χ1) is 16.3. The Bertz CT molecular complexity index is 1470. The molecule has 2 aliphatic heterocycles. The molecule has 2 aliphatic rings. The van der Waals surface area contributed by atoms with Crippen LogP contribution >= 0.6 is 22.7 Å². The van der Waals surface area contributed by atoms with Crippen LogP contribution in [-0.4, -0.2) is 11.8 Å². The summed E-state index contributed by atoms with van der Waals surface area (Å²) in [5.74, 6) is 2.76. The molecule has 0 saturated carbocycles. The summed E-state index contributed by atoms with van der Waals surface area (Å²) < 4.78 is 11.7. The second-order valence-corrected chi connectivity index (χ2v) is 10.6. The minimum absolute atomic E-state index is 0.279. The first-order valence-electron chi connectivity index (χ1n) is 10.8. The molecule has 8 heteroatoms. The lowest BCUT2D eigenvalue weighted by molar-refractivity contribution is -0.117. The summed E-state index contributed by atoms with van der Waals surface area (Å²) >= 11 is 2.97. The molecular formula is C26H20N2O4S2. The Kier molecular flexibility index (Phi) is 4.59. The van der Waals surface area contributed by atoms with Crippen LogP contribution in [-0.2, 0) is 9.59 Å². The molecule has 6 heterocycles. The van der Waals surface area contributed by atoms with E-state index in [0.29, 0.717) is 22.5 Å².